The fourth-order valence-electron chi connectivity index (χ4n) is 1.44. The number of aldehydes is 1. The third-order valence-corrected chi connectivity index (χ3v) is 2.57. The molecule has 4 heteroatoms. The standard InChI is InChI=1S/C12H13ClO3/c1-16-12(15)11-7-9(8-13)4-5-10(11)3-2-6-14/h4-7H,2-3,8H2,1H3. The van der Waals surface area contributed by atoms with E-state index < -0.39 is 5.97 Å². The van der Waals surface area contributed by atoms with Crippen molar-refractivity contribution in [1.82, 2.24) is 0 Å². The van der Waals surface area contributed by atoms with E-state index >= 15 is 0 Å². The Labute approximate surface area is 99.4 Å². The predicted octanol–water partition coefficient (Wildman–Crippen LogP) is 2.34. The van der Waals surface area contributed by atoms with Crippen LogP contribution in [0, 0.1) is 0 Å². The lowest BCUT2D eigenvalue weighted by Gasteiger charge is -2.08. The number of alkyl halides is 1. The predicted molar refractivity (Wildman–Crippen MR) is 61.7 cm³/mol. The molecule has 16 heavy (non-hydrogen) atoms. The van der Waals surface area contributed by atoms with Crippen molar-refractivity contribution in [2.24, 2.45) is 0 Å². The summed E-state index contributed by atoms with van der Waals surface area (Å²) in [5.41, 5.74) is 2.16. The van der Waals surface area contributed by atoms with Crippen LogP contribution in [0.3, 0.4) is 0 Å². The van der Waals surface area contributed by atoms with Gasteiger partial charge in [-0.2, -0.15) is 0 Å². The van der Waals surface area contributed by atoms with Gasteiger partial charge in [0.15, 0.2) is 0 Å². The highest BCUT2D eigenvalue weighted by Crippen LogP contribution is 2.16. The Morgan fingerprint density at radius 3 is 2.81 bits per heavy atom. The number of hydrogen-bond acceptors (Lipinski definition) is 3. The summed E-state index contributed by atoms with van der Waals surface area (Å²) in [5.74, 6) is -0.0503. The van der Waals surface area contributed by atoms with Crippen molar-refractivity contribution in [3.63, 3.8) is 0 Å². The lowest BCUT2D eigenvalue weighted by Crippen LogP contribution is -2.06. The third kappa shape index (κ3) is 3.07. The second-order valence-electron chi connectivity index (χ2n) is 3.32. The molecule has 0 spiro atoms. The van der Waals surface area contributed by atoms with E-state index in [2.05, 4.69) is 4.74 Å². The van der Waals surface area contributed by atoms with E-state index in [1.54, 1.807) is 6.07 Å². The lowest BCUT2D eigenvalue weighted by molar-refractivity contribution is -0.107. The van der Waals surface area contributed by atoms with Crippen LogP contribution in [0.1, 0.15) is 27.9 Å². The van der Waals surface area contributed by atoms with Crippen LogP contribution in [0.5, 0.6) is 0 Å². The number of methoxy groups -OCH3 is 1. The van der Waals surface area contributed by atoms with Crippen LogP contribution in [0.2, 0.25) is 0 Å². The largest absolute Gasteiger partial charge is 0.465 e. The number of ether oxygens (including phenoxy) is 1. The molecule has 1 aromatic carbocycles. The summed E-state index contributed by atoms with van der Waals surface area (Å²) in [6.07, 6.45) is 1.76. The number of carbonyl (C=O) groups excluding carboxylic acids is 2. The first-order valence-electron chi connectivity index (χ1n) is 4.92. The molecule has 0 atom stereocenters. The molecular weight excluding hydrogens is 228 g/mol. The summed E-state index contributed by atoms with van der Waals surface area (Å²) in [4.78, 5) is 21.8. The summed E-state index contributed by atoms with van der Waals surface area (Å²) in [7, 11) is 1.33. The van der Waals surface area contributed by atoms with Crippen LogP contribution >= 0.6 is 11.6 Å². The zero-order chi connectivity index (χ0) is 12.0. The van der Waals surface area contributed by atoms with Gasteiger partial charge in [-0.3, -0.25) is 0 Å². The highest BCUT2D eigenvalue weighted by atomic mass is 35.5. The molecule has 0 bridgehead atoms. The van der Waals surface area contributed by atoms with E-state index in [9.17, 15) is 9.59 Å². The van der Waals surface area contributed by atoms with Crippen molar-refractivity contribution >= 4 is 23.9 Å². The first kappa shape index (κ1) is 12.7. The topological polar surface area (TPSA) is 43.4 Å². The van der Waals surface area contributed by atoms with Crippen LogP contribution in [-0.2, 0) is 21.8 Å². The number of rotatable bonds is 5. The fourth-order valence-corrected chi connectivity index (χ4v) is 1.61. The SMILES string of the molecule is COC(=O)c1cc(CCl)ccc1CCC=O. The molecule has 0 aliphatic rings. The van der Waals surface area contributed by atoms with Gasteiger partial charge in [-0.1, -0.05) is 12.1 Å². The van der Waals surface area contributed by atoms with Crippen LogP contribution < -0.4 is 0 Å². The van der Waals surface area contributed by atoms with Crippen LogP contribution in [0.25, 0.3) is 0 Å². The van der Waals surface area contributed by atoms with Gasteiger partial charge in [0, 0.05) is 12.3 Å². The van der Waals surface area contributed by atoms with Crippen molar-refractivity contribution in [1.29, 1.82) is 0 Å². The number of hydrogen-bond donors (Lipinski definition) is 0. The Balaban J connectivity index is 3.05. The smallest absolute Gasteiger partial charge is 0.338 e. The van der Waals surface area contributed by atoms with Gasteiger partial charge in [-0.15, -0.1) is 11.6 Å². The maximum atomic E-state index is 11.5. The van der Waals surface area contributed by atoms with Gasteiger partial charge in [-0.25, -0.2) is 4.79 Å². The summed E-state index contributed by atoms with van der Waals surface area (Å²) in [6.45, 7) is 0. The first-order chi connectivity index (χ1) is 7.72. The van der Waals surface area contributed by atoms with Crippen molar-refractivity contribution in [2.45, 2.75) is 18.7 Å². The van der Waals surface area contributed by atoms with E-state index in [0.29, 0.717) is 24.3 Å². The quantitative estimate of drug-likeness (QED) is 0.451. The maximum absolute atomic E-state index is 11.5. The molecule has 0 N–H and O–H groups in total. The summed E-state index contributed by atoms with van der Waals surface area (Å²) in [5, 5.41) is 0. The van der Waals surface area contributed by atoms with E-state index in [1.165, 1.54) is 7.11 Å². The molecule has 0 saturated heterocycles. The average molecular weight is 241 g/mol. The van der Waals surface area contributed by atoms with Gasteiger partial charge in [0.05, 0.1) is 12.7 Å². The van der Waals surface area contributed by atoms with Crippen LogP contribution in [-0.4, -0.2) is 19.4 Å². The van der Waals surface area contributed by atoms with Gasteiger partial charge in [0.25, 0.3) is 0 Å². The average Bonchev–Trinajstić information content (AvgIpc) is 2.35. The fraction of sp³-hybridized carbons (Fsp3) is 0.333. The molecule has 0 aliphatic carbocycles. The van der Waals surface area contributed by atoms with Crippen molar-refractivity contribution in [3.05, 3.63) is 34.9 Å². The van der Waals surface area contributed by atoms with Crippen molar-refractivity contribution < 1.29 is 14.3 Å². The second kappa shape index (κ2) is 6.28. The van der Waals surface area contributed by atoms with Gasteiger partial charge >= 0.3 is 5.97 Å². The van der Waals surface area contributed by atoms with E-state index in [-0.39, 0.29) is 0 Å². The molecule has 3 nitrogen and oxygen atoms in total. The molecule has 0 heterocycles. The number of esters is 1. The Bertz CT molecular complexity index is 388. The first-order valence-corrected chi connectivity index (χ1v) is 5.46. The summed E-state index contributed by atoms with van der Waals surface area (Å²) in [6, 6.07) is 5.37. The molecule has 86 valence electrons. The zero-order valence-corrected chi connectivity index (χ0v) is 9.79. The van der Waals surface area contributed by atoms with Gasteiger partial charge < -0.3 is 9.53 Å². The highest BCUT2D eigenvalue weighted by Gasteiger charge is 2.12. The Morgan fingerprint density at radius 1 is 1.50 bits per heavy atom. The van der Waals surface area contributed by atoms with Gasteiger partial charge in [0.1, 0.15) is 6.29 Å². The molecule has 0 saturated carbocycles. The highest BCUT2D eigenvalue weighted by molar-refractivity contribution is 6.17. The van der Waals surface area contributed by atoms with E-state index in [0.717, 1.165) is 17.4 Å². The van der Waals surface area contributed by atoms with Gasteiger partial charge in [-0.05, 0) is 23.6 Å². The zero-order valence-electron chi connectivity index (χ0n) is 9.03. The molecule has 1 rings (SSSR count). The normalized spacial score (nSPS) is 9.88. The summed E-state index contributed by atoms with van der Waals surface area (Å²) >= 11 is 5.70. The molecule has 0 fully saturated rings. The number of carbonyl (C=O) groups is 2. The Hall–Kier alpha value is -1.35. The van der Waals surface area contributed by atoms with Crippen molar-refractivity contribution in [2.75, 3.05) is 7.11 Å². The molecule has 0 unspecified atom stereocenters. The molecule has 0 radical (unpaired) electrons. The minimum atomic E-state index is -0.395. The molecular formula is C12H13ClO3. The van der Waals surface area contributed by atoms with Crippen LogP contribution in [0.15, 0.2) is 18.2 Å². The minimum Gasteiger partial charge on any atom is -0.465 e. The minimum absolute atomic E-state index is 0.345. The van der Waals surface area contributed by atoms with Crippen LogP contribution in [0.4, 0.5) is 0 Å². The molecule has 0 aliphatic heterocycles. The van der Waals surface area contributed by atoms with Crippen molar-refractivity contribution in [3.8, 4) is 0 Å². The molecule has 0 aromatic heterocycles. The maximum Gasteiger partial charge on any atom is 0.338 e. The number of benzene rings is 1. The summed E-state index contributed by atoms with van der Waals surface area (Å²) < 4.78 is 4.69. The monoisotopic (exact) mass is 240 g/mol. The van der Waals surface area contributed by atoms with E-state index in [1.807, 2.05) is 12.1 Å². The lowest BCUT2D eigenvalue weighted by atomic mass is 10.0. The number of aryl methyl sites for hydroxylation is 1. The van der Waals surface area contributed by atoms with Gasteiger partial charge in [0.2, 0.25) is 0 Å². The number of halogens is 1. The Morgan fingerprint density at radius 2 is 2.25 bits per heavy atom. The molecule has 0 amide bonds. The van der Waals surface area contributed by atoms with E-state index in [4.69, 9.17) is 11.6 Å². The third-order valence-electron chi connectivity index (χ3n) is 2.27. The Kier molecular flexibility index (Phi) is 4.99. The second-order valence-corrected chi connectivity index (χ2v) is 3.59. The molecule has 1 aromatic rings.